The highest BCUT2D eigenvalue weighted by Crippen LogP contribution is 2.06. The minimum Gasteiger partial charge on any atom is -0.396 e. The first kappa shape index (κ1) is 13.4. The molecule has 0 aliphatic carbocycles. The van der Waals surface area contributed by atoms with Gasteiger partial charge in [0.05, 0.1) is 5.60 Å². The molecule has 4 heteroatoms. The highest BCUT2D eigenvalue weighted by Gasteiger charge is 2.18. The van der Waals surface area contributed by atoms with Gasteiger partial charge in [-0.25, -0.2) is 0 Å². The molecule has 0 aromatic heterocycles. The number of hydrogen-bond donors (Lipinski definition) is 2. The summed E-state index contributed by atoms with van der Waals surface area (Å²) < 4.78 is 5.42. The first-order chi connectivity index (χ1) is 6.52. The Bertz CT molecular complexity index is 169. The summed E-state index contributed by atoms with van der Waals surface area (Å²) in [5.41, 5.74) is -0.316. The van der Waals surface area contributed by atoms with E-state index in [0.717, 1.165) is 0 Å². The van der Waals surface area contributed by atoms with E-state index < -0.39 is 0 Å². The van der Waals surface area contributed by atoms with E-state index in [4.69, 9.17) is 9.84 Å². The second-order valence-corrected chi connectivity index (χ2v) is 3.80. The summed E-state index contributed by atoms with van der Waals surface area (Å²) >= 11 is 0. The molecular formula is C10H21NO3. The van der Waals surface area contributed by atoms with Crippen LogP contribution in [0.1, 0.15) is 33.6 Å². The summed E-state index contributed by atoms with van der Waals surface area (Å²) in [6, 6.07) is 0. The molecule has 0 saturated carbocycles. The first-order valence-corrected chi connectivity index (χ1v) is 5.03. The zero-order chi connectivity index (χ0) is 11.0. The van der Waals surface area contributed by atoms with E-state index in [0.29, 0.717) is 26.0 Å². The molecule has 0 heterocycles. The van der Waals surface area contributed by atoms with Crippen LogP contribution in [-0.4, -0.2) is 36.4 Å². The maximum atomic E-state index is 11.2. The number of rotatable bonds is 7. The van der Waals surface area contributed by atoms with Crippen molar-refractivity contribution in [1.82, 2.24) is 5.32 Å². The summed E-state index contributed by atoms with van der Waals surface area (Å²) in [6.07, 6.45) is 0.888. The Hall–Kier alpha value is -0.610. The molecule has 0 aromatic carbocycles. The second-order valence-electron chi connectivity index (χ2n) is 3.80. The van der Waals surface area contributed by atoms with Crippen molar-refractivity contribution in [2.24, 2.45) is 0 Å². The predicted octanol–water partition coefficient (Wildman–Crippen LogP) is 0.690. The molecule has 0 fully saturated rings. The summed E-state index contributed by atoms with van der Waals surface area (Å²) in [5.74, 6) is -0.0353. The molecule has 0 aromatic rings. The summed E-state index contributed by atoms with van der Waals surface area (Å²) in [4.78, 5) is 11.2. The van der Waals surface area contributed by atoms with Crippen LogP contribution in [0.4, 0.5) is 0 Å². The van der Waals surface area contributed by atoms with Gasteiger partial charge in [-0.15, -0.1) is 0 Å². The van der Waals surface area contributed by atoms with E-state index in [2.05, 4.69) is 5.32 Å². The Kier molecular flexibility index (Phi) is 6.49. The van der Waals surface area contributed by atoms with Gasteiger partial charge in [0, 0.05) is 26.2 Å². The molecule has 1 amide bonds. The van der Waals surface area contributed by atoms with Crippen LogP contribution in [0.3, 0.4) is 0 Å². The number of ether oxygens (including phenoxy) is 1. The molecule has 84 valence electrons. The third-order valence-corrected chi connectivity index (χ3v) is 1.81. The van der Waals surface area contributed by atoms with Gasteiger partial charge < -0.3 is 15.2 Å². The maximum absolute atomic E-state index is 11.2. The molecule has 0 spiro atoms. The molecule has 0 radical (unpaired) electrons. The van der Waals surface area contributed by atoms with Crippen LogP contribution in [0, 0.1) is 0 Å². The van der Waals surface area contributed by atoms with Crippen LogP contribution in [0.5, 0.6) is 0 Å². The zero-order valence-corrected chi connectivity index (χ0v) is 9.30. The van der Waals surface area contributed by atoms with Crippen molar-refractivity contribution < 1.29 is 14.6 Å². The fourth-order valence-electron chi connectivity index (χ4n) is 1.08. The van der Waals surface area contributed by atoms with Crippen LogP contribution in [0.2, 0.25) is 0 Å². The lowest BCUT2D eigenvalue weighted by Gasteiger charge is -2.24. The van der Waals surface area contributed by atoms with E-state index in [9.17, 15) is 4.79 Å². The van der Waals surface area contributed by atoms with Crippen LogP contribution in [0.25, 0.3) is 0 Å². The topological polar surface area (TPSA) is 58.6 Å². The van der Waals surface area contributed by atoms with Crippen molar-refractivity contribution >= 4 is 5.91 Å². The van der Waals surface area contributed by atoms with Crippen LogP contribution < -0.4 is 5.32 Å². The largest absolute Gasteiger partial charge is 0.396 e. The summed E-state index contributed by atoms with van der Waals surface area (Å²) in [6.45, 7) is 6.99. The van der Waals surface area contributed by atoms with Crippen molar-refractivity contribution in [1.29, 1.82) is 0 Å². The molecule has 0 unspecified atom stereocenters. The molecule has 2 N–H and O–H groups in total. The molecule has 0 aliphatic rings. The first-order valence-electron chi connectivity index (χ1n) is 5.03. The van der Waals surface area contributed by atoms with Gasteiger partial charge in [0.1, 0.15) is 0 Å². The second kappa shape index (κ2) is 6.79. The normalized spacial score (nSPS) is 11.4. The number of hydrogen-bond acceptors (Lipinski definition) is 3. The van der Waals surface area contributed by atoms with Gasteiger partial charge in [-0.1, -0.05) is 0 Å². The van der Waals surface area contributed by atoms with Gasteiger partial charge in [-0.05, 0) is 27.2 Å². The number of amides is 1. The number of carbonyl (C=O) groups is 1. The molecule has 14 heavy (non-hydrogen) atoms. The summed E-state index contributed by atoms with van der Waals surface area (Å²) in [7, 11) is 0. The third kappa shape index (κ3) is 6.86. The minimum absolute atomic E-state index is 0.0353. The van der Waals surface area contributed by atoms with Crippen LogP contribution in [-0.2, 0) is 9.53 Å². The molecule has 0 rings (SSSR count). The third-order valence-electron chi connectivity index (χ3n) is 1.81. The van der Waals surface area contributed by atoms with E-state index in [1.807, 2.05) is 20.8 Å². The lowest BCUT2D eigenvalue weighted by atomic mass is 10.1. The smallest absolute Gasteiger partial charge is 0.220 e. The van der Waals surface area contributed by atoms with Gasteiger partial charge in [0.15, 0.2) is 0 Å². The monoisotopic (exact) mass is 203 g/mol. The highest BCUT2D eigenvalue weighted by molar-refractivity contribution is 5.75. The standard InChI is InChI=1S/C10H21NO3/c1-4-14-10(2,3)8-11-9(13)6-5-7-12/h12H,4-8H2,1-3H3,(H,11,13). The fraction of sp³-hybridized carbons (Fsp3) is 0.900. The molecule has 0 aliphatic heterocycles. The average Bonchev–Trinajstić information content (AvgIpc) is 2.11. The quantitative estimate of drug-likeness (QED) is 0.640. The van der Waals surface area contributed by atoms with E-state index in [-0.39, 0.29) is 18.1 Å². The Morgan fingerprint density at radius 2 is 2.14 bits per heavy atom. The van der Waals surface area contributed by atoms with Crippen LogP contribution >= 0.6 is 0 Å². The van der Waals surface area contributed by atoms with Gasteiger partial charge >= 0.3 is 0 Å². The number of carbonyl (C=O) groups excluding carboxylic acids is 1. The molecule has 0 bridgehead atoms. The molecule has 0 saturated heterocycles. The van der Waals surface area contributed by atoms with Crippen molar-refractivity contribution in [2.45, 2.75) is 39.2 Å². The van der Waals surface area contributed by atoms with Gasteiger partial charge in [-0.2, -0.15) is 0 Å². The Morgan fingerprint density at radius 3 is 2.64 bits per heavy atom. The van der Waals surface area contributed by atoms with Crippen molar-refractivity contribution in [2.75, 3.05) is 19.8 Å². The van der Waals surface area contributed by atoms with Crippen molar-refractivity contribution in [3.05, 3.63) is 0 Å². The number of aliphatic hydroxyl groups excluding tert-OH is 1. The van der Waals surface area contributed by atoms with Crippen molar-refractivity contribution in [3.63, 3.8) is 0 Å². The zero-order valence-electron chi connectivity index (χ0n) is 9.30. The molecular weight excluding hydrogens is 182 g/mol. The van der Waals surface area contributed by atoms with E-state index in [1.54, 1.807) is 0 Å². The number of aliphatic hydroxyl groups is 1. The Labute approximate surface area is 85.6 Å². The predicted molar refractivity (Wildman–Crippen MR) is 55.0 cm³/mol. The Morgan fingerprint density at radius 1 is 1.50 bits per heavy atom. The van der Waals surface area contributed by atoms with E-state index in [1.165, 1.54) is 0 Å². The Balaban J connectivity index is 3.64. The maximum Gasteiger partial charge on any atom is 0.220 e. The summed E-state index contributed by atoms with van der Waals surface area (Å²) in [5, 5.41) is 11.3. The minimum atomic E-state index is -0.316. The molecule has 4 nitrogen and oxygen atoms in total. The SMILES string of the molecule is CCOC(C)(C)CNC(=O)CCCO. The van der Waals surface area contributed by atoms with Gasteiger partial charge in [-0.3, -0.25) is 4.79 Å². The van der Waals surface area contributed by atoms with E-state index >= 15 is 0 Å². The van der Waals surface area contributed by atoms with Crippen molar-refractivity contribution in [3.8, 4) is 0 Å². The lowest BCUT2D eigenvalue weighted by Crippen LogP contribution is -2.40. The lowest BCUT2D eigenvalue weighted by molar-refractivity contribution is -0.122. The molecule has 0 atom stereocenters. The van der Waals surface area contributed by atoms with Gasteiger partial charge in [0.2, 0.25) is 5.91 Å². The fourth-order valence-corrected chi connectivity index (χ4v) is 1.08. The highest BCUT2D eigenvalue weighted by atomic mass is 16.5. The average molecular weight is 203 g/mol. The number of nitrogens with one attached hydrogen (secondary N) is 1. The van der Waals surface area contributed by atoms with Crippen LogP contribution in [0.15, 0.2) is 0 Å². The van der Waals surface area contributed by atoms with Gasteiger partial charge in [0.25, 0.3) is 0 Å².